The highest BCUT2D eigenvalue weighted by molar-refractivity contribution is 6.33. The minimum Gasteiger partial charge on any atom is -0.254 e. The van der Waals surface area contributed by atoms with Crippen LogP contribution in [0.15, 0.2) is 30.5 Å². The van der Waals surface area contributed by atoms with Crippen LogP contribution in [0.4, 0.5) is 26.3 Å². The van der Waals surface area contributed by atoms with Crippen LogP contribution >= 0.6 is 11.6 Å². The van der Waals surface area contributed by atoms with Gasteiger partial charge in [0.2, 0.25) is 0 Å². The van der Waals surface area contributed by atoms with Crippen molar-refractivity contribution in [3.8, 4) is 11.3 Å². The molecule has 0 bridgehead atoms. The topological polar surface area (TPSA) is 12.9 Å². The van der Waals surface area contributed by atoms with E-state index in [0.29, 0.717) is 17.8 Å². The lowest BCUT2D eigenvalue weighted by Crippen LogP contribution is -2.07. The van der Waals surface area contributed by atoms with Crippen molar-refractivity contribution < 1.29 is 26.3 Å². The van der Waals surface area contributed by atoms with Crippen LogP contribution in [0.25, 0.3) is 11.3 Å². The zero-order valence-corrected chi connectivity index (χ0v) is 11.7. The first-order valence-corrected chi connectivity index (χ1v) is 6.28. The van der Waals surface area contributed by atoms with E-state index in [4.69, 9.17) is 11.6 Å². The highest BCUT2D eigenvalue weighted by Gasteiger charge is 2.33. The Labute approximate surface area is 126 Å². The summed E-state index contributed by atoms with van der Waals surface area (Å²) in [6.45, 7) is 1.44. The van der Waals surface area contributed by atoms with Crippen molar-refractivity contribution in [1.29, 1.82) is 0 Å². The van der Waals surface area contributed by atoms with E-state index in [-0.39, 0.29) is 16.3 Å². The molecule has 0 aliphatic rings. The van der Waals surface area contributed by atoms with E-state index in [0.717, 1.165) is 12.1 Å². The summed E-state index contributed by atoms with van der Waals surface area (Å²) in [7, 11) is 0. The molecule has 0 radical (unpaired) electrons. The van der Waals surface area contributed by atoms with Gasteiger partial charge in [-0.15, -0.1) is 0 Å². The number of pyridine rings is 1. The van der Waals surface area contributed by atoms with E-state index in [2.05, 4.69) is 4.98 Å². The van der Waals surface area contributed by atoms with Crippen molar-refractivity contribution >= 4 is 11.6 Å². The van der Waals surface area contributed by atoms with Crippen molar-refractivity contribution in [2.75, 3.05) is 0 Å². The predicted octanol–water partition coefficient (Wildman–Crippen LogP) is 5.75. The zero-order valence-electron chi connectivity index (χ0n) is 11.0. The smallest absolute Gasteiger partial charge is 0.254 e. The highest BCUT2D eigenvalue weighted by atomic mass is 35.5. The number of aromatic nitrogens is 1. The molecule has 0 spiro atoms. The van der Waals surface area contributed by atoms with Gasteiger partial charge < -0.3 is 0 Å². The maximum Gasteiger partial charge on any atom is 0.417 e. The molecule has 0 saturated carbocycles. The SMILES string of the molecule is Cc1cc(-c2ncc(C(F)(F)F)cc2Cl)cc(C(F)(F)F)c1. The fraction of sp³-hybridized carbons (Fsp3) is 0.214. The molecule has 2 rings (SSSR count). The number of aryl methyl sites for hydroxylation is 1. The number of hydrogen-bond acceptors (Lipinski definition) is 1. The number of hydrogen-bond donors (Lipinski definition) is 0. The number of benzene rings is 1. The van der Waals surface area contributed by atoms with Gasteiger partial charge in [0.15, 0.2) is 0 Å². The van der Waals surface area contributed by atoms with Crippen LogP contribution in [-0.2, 0) is 12.4 Å². The van der Waals surface area contributed by atoms with E-state index >= 15 is 0 Å². The Kier molecular flexibility index (Phi) is 4.12. The first-order valence-electron chi connectivity index (χ1n) is 5.90. The molecule has 0 N–H and O–H groups in total. The summed E-state index contributed by atoms with van der Waals surface area (Å²) in [6.07, 6.45) is -8.66. The maximum atomic E-state index is 12.8. The molecule has 1 aromatic heterocycles. The Morgan fingerprint density at radius 3 is 1.95 bits per heavy atom. The van der Waals surface area contributed by atoms with Crippen LogP contribution in [0, 0.1) is 6.92 Å². The van der Waals surface area contributed by atoms with Gasteiger partial charge in [-0.2, -0.15) is 26.3 Å². The van der Waals surface area contributed by atoms with Crippen LogP contribution in [0.3, 0.4) is 0 Å². The molecule has 2 aromatic rings. The summed E-state index contributed by atoms with van der Waals surface area (Å²) in [6, 6.07) is 3.74. The number of rotatable bonds is 1. The fourth-order valence-electron chi connectivity index (χ4n) is 1.89. The normalized spacial score (nSPS) is 12.5. The molecule has 0 saturated heterocycles. The molecule has 1 nitrogen and oxygen atoms in total. The summed E-state index contributed by atoms with van der Waals surface area (Å²) >= 11 is 5.75. The Morgan fingerprint density at radius 1 is 0.864 bits per heavy atom. The molecule has 1 heterocycles. The fourth-order valence-corrected chi connectivity index (χ4v) is 2.16. The van der Waals surface area contributed by atoms with Crippen molar-refractivity contribution in [1.82, 2.24) is 4.98 Å². The highest BCUT2D eigenvalue weighted by Crippen LogP contribution is 2.37. The molecule has 0 amide bonds. The van der Waals surface area contributed by atoms with Gasteiger partial charge in [-0.1, -0.05) is 11.6 Å². The second-order valence-corrected chi connectivity index (χ2v) is 5.04. The Balaban J connectivity index is 2.55. The second kappa shape index (κ2) is 5.46. The molecule has 0 fully saturated rings. The molecule has 8 heteroatoms. The molecule has 22 heavy (non-hydrogen) atoms. The van der Waals surface area contributed by atoms with Crippen molar-refractivity contribution in [2.45, 2.75) is 19.3 Å². The van der Waals surface area contributed by atoms with E-state index in [1.807, 2.05) is 0 Å². The molecule has 0 aliphatic carbocycles. The lowest BCUT2D eigenvalue weighted by atomic mass is 10.0. The quantitative estimate of drug-likeness (QED) is 0.603. The average Bonchev–Trinajstić information content (AvgIpc) is 2.35. The summed E-state index contributed by atoms with van der Waals surface area (Å²) in [5.74, 6) is 0. The maximum absolute atomic E-state index is 12.8. The van der Waals surface area contributed by atoms with Gasteiger partial charge in [-0.05, 0) is 36.8 Å². The van der Waals surface area contributed by atoms with Gasteiger partial charge in [0.05, 0.1) is 21.8 Å². The summed E-state index contributed by atoms with van der Waals surface area (Å²) in [4.78, 5) is 3.56. The molecule has 0 unspecified atom stereocenters. The zero-order chi connectivity index (χ0) is 16.7. The van der Waals surface area contributed by atoms with Crippen molar-refractivity contribution in [3.05, 3.63) is 52.2 Å². The summed E-state index contributed by atoms with van der Waals surface area (Å²) in [5, 5.41) is -0.367. The summed E-state index contributed by atoms with van der Waals surface area (Å²) in [5.41, 5.74) is -1.82. The number of nitrogens with zero attached hydrogens (tertiary/aromatic N) is 1. The van der Waals surface area contributed by atoms with E-state index in [1.165, 1.54) is 13.0 Å². The molecular formula is C14H8ClF6N. The lowest BCUT2D eigenvalue weighted by Gasteiger charge is -2.12. The van der Waals surface area contributed by atoms with Gasteiger partial charge >= 0.3 is 12.4 Å². The van der Waals surface area contributed by atoms with Crippen LogP contribution < -0.4 is 0 Å². The number of halogens is 7. The van der Waals surface area contributed by atoms with Crippen LogP contribution in [-0.4, -0.2) is 4.98 Å². The predicted molar refractivity (Wildman–Crippen MR) is 69.4 cm³/mol. The van der Waals surface area contributed by atoms with Gasteiger partial charge in [0, 0.05) is 11.8 Å². The van der Waals surface area contributed by atoms with E-state index in [1.54, 1.807) is 0 Å². The number of alkyl halides is 6. The molecule has 118 valence electrons. The third-order valence-corrected chi connectivity index (χ3v) is 3.13. The van der Waals surface area contributed by atoms with Crippen molar-refractivity contribution in [2.24, 2.45) is 0 Å². The third kappa shape index (κ3) is 3.52. The molecule has 1 aromatic carbocycles. The van der Waals surface area contributed by atoms with Gasteiger partial charge in [0.1, 0.15) is 0 Å². The Hall–Kier alpha value is -1.76. The largest absolute Gasteiger partial charge is 0.417 e. The van der Waals surface area contributed by atoms with Crippen LogP contribution in [0.5, 0.6) is 0 Å². The van der Waals surface area contributed by atoms with Gasteiger partial charge in [-0.25, -0.2) is 0 Å². The first-order chi connectivity index (χ1) is 9.98. The van der Waals surface area contributed by atoms with Crippen molar-refractivity contribution in [3.63, 3.8) is 0 Å². The summed E-state index contributed by atoms with van der Waals surface area (Å²) < 4.78 is 76.0. The lowest BCUT2D eigenvalue weighted by molar-refractivity contribution is -0.138. The Bertz CT molecular complexity index is 705. The first kappa shape index (κ1) is 16.6. The average molecular weight is 340 g/mol. The van der Waals surface area contributed by atoms with Gasteiger partial charge in [-0.3, -0.25) is 4.98 Å². The molecule has 0 aliphatic heterocycles. The van der Waals surface area contributed by atoms with E-state index in [9.17, 15) is 26.3 Å². The minimum atomic E-state index is -4.63. The van der Waals surface area contributed by atoms with E-state index < -0.39 is 23.5 Å². The molecule has 0 atom stereocenters. The van der Waals surface area contributed by atoms with Crippen LogP contribution in [0.1, 0.15) is 16.7 Å². The van der Waals surface area contributed by atoms with Gasteiger partial charge in [0.25, 0.3) is 0 Å². The Morgan fingerprint density at radius 2 is 1.45 bits per heavy atom. The second-order valence-electron chi connectivity index (χ2n) is 4.64. The van der Waals surface area contributed by atoms with Crippen LogP contribution in [0.2, 0.25) is 5.02 Å². The molecular weight excluding hydrogens is 332 g/mol. The monoisotopic (exact) mass is 339 g/mol. The standard InChI is InChI=1S/C14H8ClF6N/c1-7-2-8(4-9(3-7)13(16,17)18)12-11(15)5-10(6-22-12)14(19,20)21/h2-6H,1H3. The third-order valence-electron chi connectivity index (χ3n) is 2.85. The minimum absolute atomic E-state index is 0.00560.